The number of amides is 2. The number of carbonyl (C=O) groups is 4. The molecule has 48 heavy (non-hydrogen) atoms. The number of nitrogens with two attached hydrogens (primary N) is 1. The average molecular weight is 692 g/mol. The number of ketones is 1. The van der Waals surface area contributed by atoms with Gasteiger partial charge in [0, 0.05) is 29.4 Å². The van der Waals surface area contributed by atoms with Crippen LogP contribution in [0.15, 0.2) is 66.0 Å². The topological polar surface area (TPSA) is 159 Å². The van der Waals surface area contributed by atoms with Crippen LogP contribution >= 0.6 is 11.3 Å². The van der Waals surface area contributed by atoms with Crippen molar-refractivity contribution in [1.82, 2.24) is 10.2 Å². The van der Waals surface area contributed by atoms with E-state index in [9.17, 15) is 27.6 Å². The van der Waals surface area contributed by atoms with Crippen molar-refractivity contribution in [2.75, 3.05) is 13.6 Å². The predicted octanol–water partition coefficient (Wildman–Crippen LogP) is 6.65. The summed E-state index contributed by atoms with van der Waals surface area (Å²) < 4.78 is 37.8. The number of rotatable bonds is 8. The highest BCUT2D eigenvalue weighted by molar-refractivity contribution is 7.10. The van der Waals surface area contributed by atoms with E-state index in [0.29, 0.717) is 29.4 Å². The monoisotopic (exact) mass is 691 g/mol. The number of alkyl halides is 3. The number of likely N-dealkylation sites (tertiary alicyclic amines) is 1. The summed E-state index contributed by atoms with van der Waals surface area (Å²) in [6, 6.07) is 18.9. The highest BCUT2D eigenvalue weighted by Gasteiger charge is 2.38. The van der Waals surface area contributed by atoms with Crippen LogP contribution in [-0.2, 0) is 16.2 Å². The minimum absolute atomic E-state index is 0.00302. The highest BCUT2D eigenvalue weighted by Crippen LogP contribution is 2.38. The molecule has 1 aromatic heterocycles. The van der Waals surface area contributed by atoms with Crippen LogP contribution in [0.25, 0.3) is 0 Å². The summed E-state index contributed by atoms with van der Waals surface area (Å²) in [5.41, 5.74) is 8.72. The fourth-order valence-electron chi connectivity index (χ4n) is 5.53. The molecule has 260 valence electrons. The molecule has 1 saturated carbocycles. The molecule has 3 aromatic rings. The number of thiophene rings is 1. The van der Waals surface area contributed by atoms with Crippen molar-refractivity contribution >= 4 is 35.1 Å². The molecular weight excluding hydrogens is 651 g/mol. The summed E-state index contributed by atoms with van der Waals surface area (Å²) in [5, 5.41) is 18.6. The standard InChI is InChI=1S/C30H34N2O3S.C2HF3O2.C2H5NO2/c31-28(22-12-5-2-6-13-22)30(34)32-17-9-15-25(32)27-18-23(20-36-27)29(33)24-14-7-8-16-26(24)35-19-21-10-3-1-4-11-21;3-2(4,5)1(6)7;1-3-2(4)5/h1,3-4,7-8,10-11,14,16,18,20,22,25,28H,2,5-6,9,12-13,15,17,19,31H2;(H,6,7);3H,1H3,(H,4,5)/t25-,28-;;/m0../s1. The first-order chi connectivity index (χ1) is 22.8. The van der Waals surface area contributed by atoms with Gasteiger partial charge in [0.15, 0.2) is 5.78 Å². The van der Waals surface area contributed by atoms with Crippen molar-refractivity contribution in [3.63, 3.8) is 0 Å². The van der Waals surface area contributed by atoms with Crippen LogP contribution < -0.4 is 15.8 Å². The lowest BCUT2D eigenvalue weighted by molar-refractivity contribution is -0.192. The van der Waals surface area contributed by atoms with Gasteiger partial charge in [0.05, 0.1) is 17.6 Å². The van der Waals surface area contributed by atoms with E-state index >= 15 is 0 Å². The maximum atomic E-state index is 13.5. The molecule has 2 aliphatic rings. The van der Waals surface area contributed by atoms with Crippen LogP contribution in [0.5, 0.6) is 5.75 Å². The van der Waals surface area contributed by atoms with Gasteiger partial charge < -0.3 is 30.9 Å². The number of aliphatic carboxylic acids is 1. The number of halogens is 3. The molecule has 5 N–H and O–H groups in total. The zero-order chi connectivity index (χ0) is 35.3. The lowest BCUT2D eigenvalue weighted by atomic mass is 9.83. The highest BCUT2D eigenvalue weighted by atomic mass is 32.1. The van der Waals surface area contributed by atoms with Gasteiger partial charge >= 0.3 is 18.2 Å². The molecule has 1 aliphatic carbocycles. The van der Waals surface area contributed by atoms with Crippen LogP contribution in [0.3, 0.4) is 0 Å². The molecule has 14 heteroatoms. The van der Waals surface area contributed by atoms with Crippen LogP contribution in [0.4, 0.5) is 18.0 Å². The number of para-hydroxylation sites is 1. The van der Waals surface area contributed by atoms with Crippen molar-refractivity contribution in [1.29, 1.82) is 0 Å². The van der Waals surface area contributed by atoms with E-state index in [1.807, 2.05) is 76.3 Å². The number of carbonyl (C=O) groups excluding carboxylic acids is 2. The minimum Gasteiger partial charge on any atom is -0.488 e. The number of ether oxygens (including phenoxy) is 1. The van der Waals surface area contributed by atoms with E-state index in [1.54, 1.807) is 11.3 Å². The van der Waals surface area contributed by atoms with Crippen LogP contribution in [-0.4, -0.2) is 64.7 Å². The second kappa shape index (κ2) is 18.2. The third kappa shape index (κ3) is 11.1. The zero-order valence-corrected chi connectivity index (χ0v) is 27.3. The number of benzene rings is 2. The molecular formula is C34H40F3N3O7S. The Hall–Kier alpha value is -4.43. The van der Waals surface area contributed by atoms with E-state index in [4.69, 9.17) is 25.5 Å². The first-order valence-electron chi connectivity index (χ1n) is 15.5. The molecule has 1 saturated heterocycles. The molecule has 2 atom stereocenters. The van der Waals surface area contributed by atoms with Gasteiger partial charge in [-0.25, -0.2) is 9.59 Å². The molecule has 2 aromatic carbocycles. The smallest absolute Gasteiger partial charge is 0.488 e. The quantitative estimate of drug-likeness (QED) is 0.191. The van der Waals surface area contributed by atoms with Crippen molar-refractivity contribution in [3.8, 4) is 5.75 Å². The van der Waals surface area contributed by atoms with Crippen molar-refractivity contribution in [2.24, 2.45) is 11.7 Å². The lowest BCUT2D eigenvalue weighted by Gasteiger charge is -2.32. The molecule has 2 fully saturated rings. The lowest BCUT2D eigenvalue weighted by Crippen LogP contribution is -2.47. The van der Waals surface area contributed by atoms with E-state index in [2.05, 4.69) is 0 Å². The molecule has 0 bridgehead atoms. The van der Waals surface area contributed by atoms with Crippen molar-refractivity contribution in [3.05, 3.63) is 87.6 Å². The predicted molar refractivity (Wildman–Crippen MR) is 174 cm³/mol. The van der Waals surface area contributed by atoms with Gasteiger partial charge in [-0.1, -0.05) is 61.7 Å². The maximum Gasteiger partial charge on any atom is 0.490 e. The molecule has 0 spiro atoms. The summed E-state index contributed by atoms with van der Waals surface area (Å²) in [7, 11) is 1.35. The first-order valence-corrected chi connectivity index (χ1v) is 16.4. The molecule has 0 radical (unpaired) electrons. The van der Waals surface area contributed by atoms with Crippen LogP contribution in [0.1, 0.15) is 77.3 Å². The Bertz CT molecular complexity index is 1510. The zero-order valence-electron chi connectivity index (χ0n) is 26.4. The number of nitrogens with zero attached hydrogens (tertiary/aromatic N) is 1. The van der Waals surface area contributed by atoms with Gasteiger partial charge in [-0.05, 0) is 55.4 Å². The van der Waals surface area contributed by atoms with Gasteiger partial charge in [-0.15, -0.1) is 11.3 Å². The fraction of sp³-hybridized carbons (Fsp3) is 0.412. The summed E-state index contributed by atoms with van der Waals surface area (Å²) >= 11 is 1.56. The summed E-state index contributed by atoms with van der Waals surface area (Å²) in [5.74, 6) is -1.87. The van der Waals surface area contributed by atoms with Crippen molar-refractivity contribution < 1.29 is 47.3 Å². The molecule has 10 nitrogen and oxygen atoms in total. The average Bonchev–Trinajstić information content (AvgIpc) is 3.78. The van der Waals surface area contributed by atoms with Gasteiger partial charge in [0.1, 0.15) is 12.4 Å². The van der Waals surface area contributed by atoms with E-state index < -0.39 is 24.3 Å². The molecule has 0 unspecified atom stereocenters. The Morgan fingerprint density at radius 2 is 1.58 bits per heavy atom. The maximum absolute atomic E-state index is 13.5. The number of carboxylic acid groups (broad SMARTS) is 2. The third-order valence-corrected chi connectivity index (χ3v) is 9.05. The van der Waals surface area contributed by atoms with Crippen LogP contribution in [0, 0.1) is 5.92 Å². The molecule has 5 rings (SSSR count). The Kier molecular flexibility index (Phi) is 14.4. The largest absolute Gasteiger partial charge is 0.490 e. The number of carboxylic acids is 1. The van der Waals surface area contributed by atoms with E-state index in [1.165, 1.54) is 26.3 Å². The SMILES string of the molecule is CNC(=O)O.N[C@H](C(=O)N1CCC[C@H]1c1cc(C(=O)c2ccccc2OCc2ccccc2)cs1)C1CCCCC1.O=C(O)C(F)(F)F. The number of nitrogens with one attached hydrogen (secondary N) is 1. The van der Waals surface area contributed by atoms with Gasteiger partial charge in [0.2, 0.25) is 5.91 Å². The Morgan fingerprint density at radius 1 is 0.979 bits per heavy atom. The summed E-state index contributed by atoms with van der Waals surface area (Å²) in [6.07, 6.45) is 1.48. The van der Waals surface area contributed by atoms with Crippen molar-refractivity contribution in [2.45, 2.75) is 69.8 Å². The normalized spacial score (nSPS) is 16.8. The van der Waals surface area contributed by atoms with E-state index in [-0.39, 0.29) is 17.7 Å². The Balaban J connectivity index is 0.000000447. The van der Waals surface area contributed by atoms with Gasteiger partial charge in [-0.3, -0.25) is 9.59 Å². The second-order valence-electron chi connectivity index (χ2n) is 11.3. The van der Waals surface area contributed by atoms with Gasteiger partial charge in [-0.2, -0.15) is 13.2 Å². The molecule has 2 amide bonds. The summed E-state index contributed by atoms with van der Waals surface area (Å²) in [4.78, 5) is 48.0. The third-order valence-electron chi connectivity index (χ3n) is 8.01. The number of hydrogen-bond acceptors (Lipinski definition) is 7. The van der Waals surface area contributed by atoms with E-state index in [0.717, 1.165) is 42.7 Å². The molecule has 2 heterocycles. The Labute approximate surface area is 280 Å². The fourth-order valence-corrected chi connectivity index (χ4v) is 6.57. The summed E-state index contributed by atoms with van der Waals surface area (Å²) in [6.45, 7) is 1.14. The van der Waals surface area contributed by atoms with Gasteiger partial charge in [0.25, 0.3) is 0 Å². The minimum atomic E-state index is -5.08. The first kappa shape index (κ1) is 38.0. The van der Waals surface area contributed by atoms with Crippen LogP contribution in [0.2, 0.25) is 0 Å². The molecule has 1 aliphatic heterocycles. The Morgan fingerprint density at radius 3 is 2.19 bits per heavy atom. The number of hydrogen-bond donors (Lipinski definition) is 4. The second-order valence-corrected chi connectivity index (χ2v) is 12.3.